The summed E-state index contributed by atoms with van der Waals surface area (Å²) in [6, 6.07) is 53.3. The predicted octanol–water partition coefficient (Wildman–Crippen LogP) is 13.0. The summed E-state index contributed by atoms with van der Waals surface area (Å²) in [5.41, 5.74) is 16.7. The summed E-state index contributed by atoms with van der Waals surface area (Å²) < 4.78 is 7.28. The van der Waals surface area contributed by atoms with Gasteiger partial charge in [0.05, 0.1) is 43.7 Å². The lowest BCUT2D eigenvalue weighted by atomic mass is 9.73. The summed E-state index contributed by atoms with van der Waals surface area (Å²) in [6.45, 7) is 4.79. The van der Waals surface area contributed by atoms with Crippen molar-refractivity contribution in [2.24, 2.45) is 0 Å². The van der Waals surface area contributed by atoms with Crippen LogP contribution in [0.25, 0.3) is 109 Å². The summed E-state index contributed by atoms with van der Waals surface area (Å²) >= 11 is 1.77. The molecule has 13 rings (SSSR count). The van der Waals surface area contributed by atoms with Crippen LogP contribution in [0.3, 0.4) is 0 Å². The number of rotatable bonds is 2. The van der Waals surface area contributed by atoms with Gasteiger partial charge in [0.15, 0.2) is 0 Å². The zero-order valence-corrected chi connectivity index (χ0v) is 30.4. The average molecular weight is 707 g/mol. The molecule has 0 fully saturated rings. The maximum atomic E-state index is 5.52. The normalized spacial score (nSPS) is 13.9. The molecule has 11 aromatic rings. The lowest BCUT2D eigenvalue weighted by Crippen LogP contribution is -2.26. The Morgan fingerprint density at radius 1 is 0.519 bits per heavy atom. The number of aromatic nitrogens is 4. The molecule has 0 unspecified atom stereocenters. The number of hydrogen-bond acceptors (Lipinski definition) is 3. The lowest BCUT2D eigenvalue weighted by molar-refractivity contribution is 0.631. The summed E-state index contributed by atoms with van der Waals surface area (Å²) in [5, 5.41) is 6.17. The second kappa shape index (κ2) is 9.90. The molecule has 54 heavy (non-hydrogen) atoms. The van der Waals surface area contributed by atoms with Crippen LogP contribution in [-0.4, -0.2) is 19.1 Å². The average Bonchev–Trinajstić information content (AvgIpc) is 3.85. The molecule has 0 atom stereocenters. The third kappa shape index (κ3) is 3.40. The fourth-order valence-corrected chi connectivity index (χ4v) is 11.1. The molecule has 0 aliphatic carbocycles. The Kier molecular flexibility index (Phi) is 5.31. The van der Waals surface area contributed by atoms with Crippen LogP contribution in [0.1, 0.15) is 25.0 Å². The summed E-state index contributed by atoms with van der Waals surface area (Å²) in [7, 11) is 0. The molecule has 0 spiro atoms. The van der Waals surface area contributed by atoms with Crippen molar-refractivity contribution < 1.29 is 0 Å². The second-order valence-corrected chi connectivity index (χ2v) is 16.4. The molecule has 0 amide bonds. The molecule has 0 radical (unpaired) electrons. The van der Waals surface area contributed by atoms with Crippen LogP contribution >= 0.6 is 11.3 Å². The van der Waals surface area contributed by atoms with Crippen LogP contribution in [0.15, 0.2) is 146 Å². The number of para-hydroxylation sites is 3. The van der Waals surface area contributed by atoms with E-state index < -0.39 is 0 Å². The highest BCUT2D eigenvalue weighted by Gasteiger charge is 2.39. The molecule has 2 aliphatic heterocycles. The highest BCUT2D eigenvalue weighted by molar-refractivity contribution is 7.26. The minimum absolute atomic E-state index is 0.178. The van der Waals surface area contributed by atoms with Crippen molar-refractivity contribution in [1.29, 1.82) is 0 Å². The zero-order chi connectivity index (χ0) is 35.4. The van der Waals surface area contributed by atoms with E-state index in [4.69, 9.17) is 9.97 Å². The second-order valence-electron chi connectivity index (χ2n) is 15.3. The lowest BCUT2D eigenvalue weighted by Gasteiger charge is -2.35. The van der Waals surface area contributed by atoms with Crippen LogP contribution in [0.5, 0.6) is 0 Å². The molecule has 6 heterocycles. The van der Waals surface area contributed by atoms with Crippen molar-refractivity contribution in [1.82, 2.24) is 19.1 Å². The summed E-state index contributed by atoms with van der Waals surface area (Å²) in [4.78, 5) is 11.0. The van der Waals surface area contributed by atoms with Gasteiger partial charge in [-0.1, -0.05) is 141 Å². The van der Waals surface area contributed by atoms with Crippen molar-refractivity contribution in [3.05, 3.63) is 157 Å². The molecule has 0 N–H and O–H groups in total. The fourth-order valence-electron chi connectivity index (χ4n) is 9.93. The highest BCUT2D eigenvalue weighted by atomic mass is 32.1. The molecule has 0 saturated carbocycles. The standard InChI is InChI=1S/C49H30N4S/c1-49(2)35-22-12-20-30-28-16-6-7-17-29(28)34-26-38-40(41-33-21-13-23-36(49)45(33)53(44(30)35)46(34)41)31-18-8-10-24-37(31)52(38)48-50-42(27-14-4-3-5-15-27)47-43(51-48)32-19-9-11-25-39(32)54-47/h3-26H,1-2H3. The van der Waals surface area contributed by atoms with Crippen molar-refractivity contribution in [3.8, 4) is 45.1 Å². The van der Waals surface area contributed by atoms with Gasteiger partial charge in [0.25, 0.3) is 0 Å². The van der Waals surface area contributed by atoms with E-state index in [1.807, 2.05) is 0 Å². The first-order valence-electron chi connectivity index (χ1n) is 18.6. The van der Waals surface area contributed by atoms with E-state index in [-0.39, 0.29) is 5.41 Å². The summed E-state index contributed by atoms with van der Waals surface area (Å²) in [5.74, 6) is 0.685. The first-order chi connectivity index (χ1) is 26.6. The Hall–Kier alpha value is -6.56. The number of nitrogens with zero attached hydrogens (tertiary/aromatic N) is 4. The van der Waals surface area contributed by atoms with E-state index in [0.29, 0.717) is 5.95 Å². The minimum Gasteiger partial charge on any atom is -0.307 e. The number of hydrogen-bond donors (Lipinski definition) is 0. The number of benzene rings is 7. The van der Waals surface area contributed by atoms with Crippen LogP contribution in [-0.2, 0) is 5.41 Å². The molecular weight excluding hydrogens is 677 g/mol. The minimum atomic E-state index is -0.178. The molecule has 7 aromatic carbocycles. The van der Waals surface area contributed by atoms with E-state index in [1.165, 1.54) is 76.3 Å². The van der Waals surface area contributed by atoms with Gasteiger partial charge in [-0.2, -0.15) is 0 Å². The van der Waals surface area contributed by atoms with Crippen LogP contribution < -0.4 is 0 Å². The van der Waals surface area contributed by atoms with E-state index in [1.54, 1.807) is 11.3 Å². The smallest absolute Gasteiger partial charge is 0.235 e. The van der Waals surface area contributed by atoms with Gasteiger partial charge < -0.3 is 4.57 Å². The molecule has 0 saturated heterocycles. The number of thiophene rings is 1. The Balaban J connectivity index is 1.28. The molecule has 4 nitrogen and oxygen atoms in total. The van der Waals surface area contributed by atoms with Gasteiger partial charge in [0, 0.05) is 53.7 Å². The monoisotopic (exact) mass is 706 g/mol. The summed E-state index contributed by atoms with van der Waals surface area (Å²) in [6.07, 6.45) is 0. The number of fused-ring (bicyclic) bond motifs is 11. The van der Waals surface area contributed by atoms with E-state index in [0.717, 1.165) is 37.9 Å². The largest absolute Gasteiger partial charge is 0.307 e. The molecule has 4 aromatic heterocycles. The van der Waals surface area contributed by atoms with E-state index in [2.05, 4.69) is 169 Å². The van der Waals surface area contributed by atoms with Crippen molar-refractivity contribution in [2.75, 3.05) is 0 Å². The Bertz CT molecular complexity index is 3470. The van der Waals surface area contributed by atoms with Gasteiger partial charge >= 0.3 is 0 Å². The van der Waals surface area contributed by atoms with Gasteiger partial charge in [-0.05, 0) is 40.5 Å². The van der Waals surface area contributed by atoms with Crippen molar-refractivity contribution >= 4 is 75.3 Å². The Labute approximate surface area is 314 Å². The quantitative estimate of drug-likeness (QED) is 0.179. The molecular formula is C49H30N4S. The van der Waals surface area contributed by atoms with Gasteiger partial charge in [0.2, 0.25) is 5.95 Å². The van der Waals surface area contributed by atoms with Crippen molar-refractivity contribution in [2.45, 2.75) is 19.3 Å². The first kappa shape index (κ1) is 29.0. The predicted molar refractivity (Wildman–Crippen MR) is 226 cm³/mol. The first-order valence-corrected chi connectivity index (χ1v) is 19.4. The van der Waals surface area contributed by atoms with Gasteiger partial charge in [-0.15, -0.1) is 11.3 Å². The molecule has 252 valence electrons. The van der Waals surface area contributed by atoms with Crippen LogP contribution in [0.2, 0.25) is 0 Å². The van der Waals surface area contributed by atoms with E-state index >= 15 is 0 Å². The Morgan fingerprint density at radius 3 is 2.07 bits per heavy atom. The maximum Gasteiger partial charge on any atom is 0.235 e. The van der Waals surface area contributed by atoms with Crippen LogP contribution in [0, 0.1) is 0 Å². The third-order valence-corrected chi connectivity index (χ3v) is 13.4. The van der Waals surface area contributed by atoms with Gasteiger partial charge in [0.1, 0.15) is 0 Å². The molecule has 0 bridgehead atoms. The molecule has 5 heteroatoms. The van der Waals surface area contributed by atoms with Crippen molar-refractivity contribution in [3.63, 3.8) is 0 Å². The molecule has 2 aliphatic rings. The zero-order valence-electron chi connectivity index (χ0n) is 29.6. The topological polar surface area (TPSA) is 35.6 Å². The highest BCUT2D eigenvalue weighted by Crippen LogP contribution is 2.56. The van der Waals surface area contributed by atoms with Gasteiger partial charge in [-0.3, -0.25) is 4.57 Å². The fraction of sp³-hybridized carbons (Fsp3) is 0.0612. The van der Waals surface area contributed by atoms with Gasteiger partial charge in [-0.25, -0.2) is 9.97 Å². The maximum absolute atomic E-state index is 5.52. The Morgan fingerprint density at radius 2 is 1.20 bits per heavy atom. The SMILES string of the molecule is CC1(C)c2cccc3c2-n2c4c1cccc4c1c4c5ccccc5n(-c5nc(-c6ccccc6)c6sc7ccccc7c6n5)c4cc(c12)-c1ccccc1-3. The van der Waals surface area contributed by atoms with Crippen LogP contribution in [0.4, 0.5) is 0 Å². The third-order valence-electron chi connectivity index (χ3n) is 12.3. The van der Waals surface area contributed by atoms with E-state index in [9.17, 15) is 0 Å².